The van der Waals surface area contributed by atoms with Gasteiger partial charge in [-0.1, -0.05) is 24.3 Å². The van der Waals surface area contributed by atoms with Crippen molar-refractivity contribution < 1.29 is 27.4 Å². The van der Waals surface area contributed by atoms with E-state index in [1.807, 2.05) is 36.4 Å². The minimum Gasteiger partial charge on any atom is -0.494 e. The summed E-state index contributed by atoms with van der Waals surface area (Å²) >= 11 is 0. The molecule has 0 atom stereocenters. The predicted molar refractivity (Wildman–Crippen MR) is 142 cm³/mol. The zero-order valence-corrected chi connectivity index (χ0v) is 21.4. The van der Waals surface area contributed by atoms with E-state index in [1.165, 1.54) is 0 Å². The molecular weight excluding hydrogens is 527 g/mol. The molecule has 1 aliphatic carbocycles. The van der Waals surface area contributed by atoms with Crippen molar-refractivity contribution >= 4 is 23.5 Å². The molecule has 1 aromatic heterocycles. The molecule has 40 heavy (non-hydrogen) atoms. The molecule has 4 aliphatic heterocycles. The highest BCUT2D eigenvalue weighted by Crippen LogP contribution is 2.39. The smallest absolute Gasteiger partial charge is 0.422 e. The molecule has 5 heterocycles. The molecule has 1 amide bonds. The number of hydrogen-bond donors (Lipinski definition) is 4. The van der Waals surface area contributed by atoms with Gasteiger partial charge in [0.1, 0.15) is 11.3 Å². The second-order valence-electron chi connectivity index (χ2n) is 9.28. The molecule has 0 unspecified atom stereocenters. The summed E-state index contributed by atoms with van der Waals surface area (Å²) < 4.78 is 49.1. The number of hydrogen-bond acceptors (Lipinski definition) is 9. The topological polar surface area (TPSA) is 122 Å². The number of carbonyl (C=O) groups is 1. The molecule has 3 aromatic rings. The summed E-state index contributed by atoms with van der Waals surface area (Å²) in [7, 11) is 0. The molecule has 0 saturated carbocycles. The molecule has 0 fully saturated rings. The normalized spacial score (nSPS) is 17.2. The van der Waals surface area contributed by atoms with Gasteiger partial charge in [0, 0.05) is 17.8 Å². The Kier molecular flexibility index (Phi) is 8.01. The van der Waals surface area contributed by atoms with Crippen LogP contribution < -0.4 is 30.7 Å². The fourth-order valence-corrected chi connectivity index (χ4v) is 3.99. The predicted octanol–water partition coefficient (Wildman–Crippen LogP) is 3.93. The van der Waals surface area contributed by atoms with Gasteiger partial charge in [-0.05, 0) is 67.9 Å². The van der Waals surface area contributed by atoms with E-state index in [0.717, 1.165) is 37.2 Å². The maximum absolute atomic E-state index is 12.8. The first kappa shape index (κ1) is 27.2. The third-order valence-electron chi connectivity index (χ3n) is 6.12. The highest BCUT2D eigenvalue weighted by atomic mass is 19.4. The van der Waals surface area contributed by atoms with E-state index in [0.29, 0.717) is 24.4 Å². The second-order valence-corrected chi connectivity index (χ2v) is 9.28. The molecule has 13 heteroatoms. The van der Waals surface area contributed by atoms with Crippen molar-refractivity contribution in [1.29, 1.82) is 0 Å². The molecule has 6 bridgehead atoms. The van der Waals surface area contributed by atoms with Crippen LogP contribution in [-0.4, -0.2) is 59.9 Å². The van der Waals surface area contributed by atoms with Crippen molar-refractivity contribution in [2.75, 3.05) is 43.5 Å². The number of benzene rings is 2. The average Bonchev–Trinajstić information content (AvgIpc) is 3.71. The lowest BCUT2D eigenvalue weighted by atomic mass is 10.0. The second kappa shape index (κ2) is 11.8. The van der Waals surface area contributed by atoms with Crippen molar-refractivity contribution in [3.63, 3.8) is 0 Å². The number of rotatable bonds is 2. The molecule has 8 rings (SSSR count). The van der Waals surface area contributed by atoms with Crippen LogP contribution in [0, 0.1) is 0 Å². The van der Waals surface area contributed by atoms with Crippen molar-refractivity contribution in [2.24, 2.45) is 0 Å². The zero-order chi connectivity index (χ0) is 28.0. The van der Waals surface area contributed by atoms with Crippen LogP contribution in [0.2, 0.25) is 0 Å². The maximum atomic E-state index is 12.8. The quantitative estimate of drug-likeness (QED) is 0.349. The summed E-state index contributed by atoms with van der Waals surface area (Å²) in [4.78, 5) is 24.8. The highest BCUT2D eigenvalue weighted by molar-refractivity contribution is 5.94. The molecule has 0 radical (unpaired) electrons. The maximum Gasteiger partial charge on any atom is 0.422 e. The van der Waals surface area contributed by atoms with Crippen LogP contribution in [0.1, 0.15) is 28.8 Å². The minimum absolute atomic E-state index is 0.0120. The third kappa shape index (κ3) is 7.38. The number of alkyl halides is 3. The molecule has 5 aliphatic rings. The van der Waals surface area contributed by atoms with Crippen LogP contribution in [0.25, 0.3) is 0 Å². The first-order valence-corrected chi connectivity index (χ1v) is 12.8. The number of nitrogens with zero attached hydrogens (tertiary/aromatic N) is 3. The molecule has 210 valence electrons. The molecule has 1 spiro atoms. The Hall–Kier alpha value is -4.39. The summed E-state index contributed by atoms with van der Waals surface area (Å²) in [5, 5.41) is 12.3. The largest absolute Gasteiger partial charge is 0.494 e. The number of anilines is 3. The van der Waals surface area contributed by atoms with Crippen molar-refractivity contribution in [1.82, 2.24) is 25.6 Å². The van der Waals surface area contributed by atoms with Gasteiger partial charge in [0.25, 0.3) is 5.91 Å². The van der Waals surface area contributed by atoms with Crippen LogP contribution in [0.5, 0.6) is 11.8 Å². The van der Waals surface area contributed by atoms with E-state index in [2.05, 4.69) is 36.2 Å². The van der Waals surface area contributed by atoms with Gasteiger partial charge in [-0.15, -0.1) is 0 Å². The Bertz CT molecular complexity index is 1340. The van der Waals surface area contributed by atoms with E-state index in [4.69, 9.17) is 9.47 Å². The monoisotopic (exact) mass is 555 g/mol. The third-order valence-corrected chi connectivity index (χ3v) is 6.12. The van der Waals surface area contributed by atoms with Crippen molar-refractivity contribution in [3.8, 4) is 11.8 Å². The van der Waals surface area contributed by atoms with Crippen LogP contribution in [-0.2, 0) is 5.54 Å². The lowest BCUT2D eigenvalue weighted by molar-refractivity contribution is -0.154. The SMILES string of the molecule is O=C1NCCCNCCCOc2ccc(cc2)C2(C=C2)Nc2nc(nc(OCC(F)(F)F)n2)Nc2ccc1cc2. The van der Waals surface area contributed by atoms with E-state index >= 15 is 0 Å². The number of nitrogens with one attached hydrogen (secondary N) is 4. The summed E-state index contributed by atoms with van der Waals surface area (Å²) in [5.74, 6) is 0.486. The number of ether oxygens (including phenoxy) is 2. The number of carbonyl (C=O) groups excluding carboxylic acids is 1. The average molecular weight is 556 g/mol. The minimum atomic E-state index is -4.57. The fraction of sp³-hybridized carbons (Fsp3) is 0.333. The van der Waals surface area contributed by atoms with E-state index < -0.39 is 24.3 Å². The first-order chi connectivity index (χ1) is 19.3. The van der Waals surface area contributed by atoms with Crippen LogP contribution in [0.3, 0.4) is 0 Å². The highest BCUT2D eigenvalue weighted by Gasteiger charge is 2.37. The van der Waals surface area contributed by atoms with Crippen molar-refractivity contribution in [2.45, 2.75) is 24.6 Å². The first-order valence-electron chi connectivity index (χ1n) is 12.8. The van der Waals surface area contributed by atoms with E-state index in [-0.39, 0.29) is 17.8 Å². The Morgan fingerprint density at radius 2 is 1.62 bits per heavy atom. The number of halogens is 3. The van der Waals surface area contributed by atoms with Gasteiger partial charge in [-0.25, -0.2) is 0 Å². The van der Waals surface area contributed by atoms with Crippen LogP contribution in [0.4, 0.5) is 30.8 Å². The Labute approximate surface area is 228 Å². The van der Waals surface area contributed by atoms with E-state index in [9.17, 15) is 18.0 Å². The Morgan fingerprint density at radius 3 is 2.35 bits per heavy atom. The van der Waals surface area contributed by atoms with Gasteiger partial charge in [0.15, 0.2) is 6.61 Å². The fourth-order valence-electron chi connectivity index (χ4n) is 3.99. The zero-order valence-electron chi connectivity index (χ0n) is 21.4. The van der Waals surface area contributed by atoms with Crippen molar-refractivity contribution in [3.05, 3.63) is 71.8 Å². The van der Waals surface area contributed by atoms with Gasteiger partial charge in [0.05, 0.1) is 6.61 Å². The summed E-state index contributed by atoms with van der Waals surface area (Å²) in [6, 6.07) is 13.6. The number of aromatic nitrogens is 3. The van der Waals surface area contributed by atoms with Gasteiger partial charge >= 0.3 is 12.2 Å². The molecule has 4 N–H and O–H groups in total. The van der Waals surface area contributed by atoms with Gasteiger partial charge < -0.3 is 30.7 Å². The van der Waals surface area contributed by atoms with Crippen LogP contribution in [0.15, 0.2) is 60.7 Å². The molecule has 0 saturated heterocycles. The standard InChI is InChI=1S/C27H28F3N7O3/c28-27(29,30)17-40-25-35-23-33-20-7-3-18(4-8-20)22(38)32-15-1-13-31-14-2-16-39-21-9-5-19(6-10-21)26(11-12-26)37-24(34-23)36-25/h3-12,31H,1-2,13-17H2,(H,32,38)(H2,33,34,35,36,37). The van der Waals surface area contributed by atoms with Gasteiger partial charge in [-0.3, -0.25) is 4.79 Å². The summed E-state index contributed by atoms with van der Waals surface area (Å²) in [6.45, 7) is 1.07. The van der Waals surface area contributed by atoms with Gasteiger partial charge in [0.2, 0.25) is 11.9 Å². The Balaban J connectivity index is 1.40. The summed E-state index contributed by atoms with van der Waals surface area (Å²) in [6.07, 6.45) is 0.799. The van der Waals surface area contributed by atoms with E-state index in [1.54, 1.807) is 24.3 Å². The number of amides is 1. The summed E-state index contributed by atoms with van der Waals surface area (Å²) in [5.41, 5.74) is 1.14. The molecule has 10 nitrogen and oxygen atoms in total. The van der Waals surface area contributed by atoms with Gasteiger partial charge in [-0.2, -0.15) is 28.1 Å². The molecular formula is C27H28F3N7O3. The lowest BCUT2D eigenvalue weighted by Gasteiger charge is -2.20. The Morgan fingerprint density at radius 1 is 0.900 bits per heavy atom. The lowest BCUT2D eigenvalue weighted by Crippen LogP contribution is -2.28. The van der Waals surface area contributed by atoms with Crippen LogP contribution >= 0.6 is 0 Å². The molecule has 2 aromatic carbocycles.